The molecule has 1 heterocycles. The van der Waals surface area contributed by atoms with Crippen molar-refractivity contribution in [2.45, 2.75) is 20.3 Å². The second-order valence-electron chi connectivity index (χ2n) is 7.28. The minimum absolute atomic E-state index is 0.707. The Labute approximate surface area is 172 Å². The Hall–Kier alpha value is -3.39. The lowest BCUT2D eigenvalue weighted by Crippen LogP contribution is -2.00. The van der Waals surface area contributed by atoms with E-state index in [9.17, 15) is 0 Å². The zero-order valence-corrected chi connectivity index (χ0v) is 17.1. The van der Waals surface area contributed by atoms with Crippen molar-refractivity contribution in [3.05, 3.63) is 108 Å². The van der Waals surface area contributed by atoms with Crippen LogP contribution in [0.15, 0.2) is 89.5 Å². The molecule has 0 fully saturated rings. The van der Waals surface area contributed by atoms with Gasteiger partial charge in [-0.05, 0) is 71.0 Å². The van der Waals surface area contributed by atoms with E-state index in [0.717, 1.165) is 11.5 Å². The highest BCUT2D eigenvalue weighted by Gasteiger charge is 2.20. The van der Waals surface area contributed by atoms with Crippen LogP contribution in [0.1, 0.15) is 22.5 Å². The molecule has 0 aliphatic heterocycles. The highest BCUT2D eigenvalue weighted by Crippen LogP contribution is 2.39. The third kappa shape index (κ3) is 3.93. The molecule has 0 atom stereocenters. The Balaban J connectivity index is 2.02. The molecule has 0 amide bonds. The molecule has 2 heteroatoms. The van der Waals surface area contributed by atoms with E-state index in [1.165, 1.54) is 38.9 Å². The van der Waals surface area contributed by atoms with Crippen LogP contribution in [-0.4, -0.2) is 7.11 Å². The number of hydrogen-bond donors (Lipinski definition) is 0. The summed E-state index contributed by atoms with van der Waals surface area (Å²) in [7, 11) is 1.73. The molecule has 0 saturated carbocycles. The summed E-state index contributed by atoms with van der Waals surface area (Å²) in [6.45, 7) is 4.30. The van der Waals surface area contributed by atoms with Crippen molar-refractivity contribution in [3.63, 3.8) is 0 Å². The molecular weight excluding hydrogens is 356 g/mol. The molecule has 4 aromatic rings. The first kappa shape index (κ1) is 18.9. The van der Waals surface area contributed by atoms with Crippen LogP contribution in [-0.2, 0) is 6.42 Å². The summed E-state index contributed by atoms with van der Waals surface area (Å²) in [5.41, 5.74) is 8.51. The molecule has 0 saturated heterocycles. The normalized spacial score (nSPS) is 10.7. The largest absolute Gasteiger partial charge is 0.497 e. The van der Waals surface area contributed by atoms with Gasteiger partial charge >= 0.3 is 12.0 Å². The number of aryl methyl sites for hydroxylation is 2. The van der Waals surface area contributed by atoms with Crippen LogP contribution in [0.2, 0.25) is 0 Å². The van der Waals surface area contributed by atoms with Crippen molar-refractivity contribution in [2.24, 2.45) is 0 Å². The van der Waals surface area contributed by atoms with E-state index in [1.54, 1.807) is 13.4 Å². The van der Waals surface area contributed by atoms with E-state index < -0.39 is 0 Å². The number of ether oxygens (including phenoxy) is 1. The summed E-state index contributed by atoms with van der Waals surface area (Å²) in [5.74, 6) is 1.79. The van der Waals surface area contributed by atoms with Crippen molar-refractivity contribution in [1.82, 2.24) is 0 Å². The number of hydrogen-bond acceptors (Lipinski definition) is 1. The smallest absolute Gasteiger partial charge is 0.333 e. The Kier molecular flexibility index (Phi) is 5.44. The van der Waals surface area contributed by atoms with E-state index in [1.807, 2.05) is 18.2 Å². The fourth-order valence-corrected chi connectivity index (χ4v) is 3.83. The number of rotatable bonds is 5. The van der Waals surface area contributed by atoms with E-state index in [-0.39, 0.29) is 0 Å². The predicted octanol–water partition coefficient (Wildman–Crippen LogP) is 7.11. The molecule has 1 aromatic heterocycles. The molecule has 0 radical (unpaired) electrons. The predicted molar refractivity (Wildman–Crippen MR) is 119 cm³/mol. The monoisotopic (exact) mass is 381 g/mol. The van der Waals surface area contributed by atoms with Crippen LogP contribution >= 0.6 is 0 Å². The van der Waals surface area contributed by atoms with Gasteiger partial charge in [0.05, 0.1) is 13.5 Å². The molecule has 0 bridgehead atoms. The van der Waals surface area contributed by atoms with Crippen molar-refractivity contribution in [2.75, 3.05) is 7.11 Å². The van der Waals surface area contributed by atoms with Gasteiger partial charge < -0.3 is 4.74 Å². The lowest BCUT2D eigenvalue weighted by molar-refractivity contribution is 0.415. The van der Waals surface area contributed by atoms with Gasteiger partial charge in [0.1, 0.15) is 5.75 Å². The molecule has 4 rings (SSSR count). The summed E-state index contributed by atoms with van der Waals surface area (Å²) in [5, 5.41) is 0. The topological polar surface area (TPSA) is 20.5 Å². The Morgan fingerprint density at radius 1 is 0.690 bits per heavy atom. The molecule has 29 heavy (non-hydrogen) atoms. The summed E-state index contributed by atoms with van der Waals surface area (Å²) >= 11 is 0. The van der Waals surface area contributed by atoms with Gasteiger partial charge in [0.25, 0.3) is 0 Å². The molecule has 0 aliphatic rings. The average molecular weight is 381 g/mol. The average Bonchev–Trinajstić information content (AvgIpc) is 2.75. The Morgan fingerprint density at radius 3 is 1.72 bits per heavy atom. The van der Waals surface area contributed by atoms with Crippen LogP contribution in [0.3, 0.4) is 0 Å². The lowest BCUT2D eigenvalue weighted by Gasteiger charge is -2.18. The van der Waals surface area contributed by atoms with Gasteiger partial charge in [0.15, 0.2) is 0 Å². The van der Waals surface area contributed by atoms with Gasteiger partial charge in [-0.2, -0.15) is 0 Å². The molecule has 0 unspecified atom stereocenters. The number of benzene rings is 3. The van der Waals surface area contributed by atoms with Gasteiger partial charge in [-0.25, -0.2) is 4.42 Å². The third-order valence-electron chi connectivity index (χ3n) is 5.37. The second kappa shape index (κ2) is 8.32. The summed E-state index contributed by atoms with van der Waals surface area (Å²) < 4.78 is 11.5. The standard InChI is InChI=1S/C27H25O2/c1-19-10-4-6-13-23(19)25-17-22(28-3)18-26(24-14-7-5-11-20(24)2)27(25)16-21-12-8-9-15-29-21/h4-15,17-18H,16H2,1-3H3/q+1. The van der Waals surface area contributed by atoms with Gasteiger partial charge in [0, 0.05) is 12.1 Å². The quantitative estimate of drug-likeness (QED) is 0.343. The second-order valence-corrected chi connectivity index (χ2v) is 7.28. The van der Waals surface area contributed by atoms with Crippen LogP contribution in [0.25, 0.3) is 22.3 Å². The van der Waals surface area contributed by atoms with Gasteiger partial charge in [-0.15, -0.1) is 0 Å². The van der Waals surface area contributed by atoms with Crippen molar-refractivity contribution < 1.29 is 9.15 Å². The minimum atomic E-state index is 0.707. The Morgan fingerprint density at radius 2 is 1.24 bits per heavy atom. The molecule has 3 aromatic carbocycles. The summed E-state index contributed by atoms with van der Waals surface area (Å²) in [6, 6.07) is 27.2. The minimum Gasteiger partial charge on any atom is -0.497 e. The fourth-order valence-electron chi connectivity index (χ4n) is 3.83. The molecule has 0 N–H and O–H groups in total. The van der Waals surface area contributed by atoms with Gasteiger partial charge in [-0.1, -0.05) is 48.5 Å². The first-order valence-electron chi connectivity index (χ1n) is 9.86. The van der Waals surface area contributed by atoms with Crippen molar-refractivity contribution in [1.29, 1.82) is 0 Å². The van der Waals surface area contributed by atoms with E-state index in [4.69, 9.17) is 9.15 Å². The Bertz CT molecular complexity index is 1060. The number of methoxy groups -OCH3 is 1. The van der Waals surface area contributed by atoms with Gasteiger partial charge in [0.2, 0.25) is 0 Å². The highest BCUT2D eigenvalue weighted by atomic mass is 16.5. The van der Waals surface area contributed by atoms with E-state index in [0.29, 0.717) is 6.42 Å². The third-order valence-corrected chi connectivity index (χ3v) is 5.37. The maximum Gasteiger partial charge on any atom is 0.333 e. The summed E-state index contributed by atoms with van der Waals surface area (Å²) in [6.07, 6.45) is 2.44. The molecule has 144 valence electrons. The zero-order chi connectivity index (χ0) is 20.2. The molecular formula is C27H25O2+. The zero-order valence-electron chi connectivity index (χ0n) is 17.1. The fraction of sp³-hybridized carbons (Fsp3) is 0.148. The molecule has 0 aliphatic carbocycles. The molecule has 2 nitrogen and oxygen atoms in total. The van der Waals surface area contributed by atoms with E-state index in [2.05, 4.69) is 74.5 Å². The van der Waals surface area contributed by atoms with Crippen molar-refractivity contribution >= 4 is 0 Å². The van der Waals surface area contributed by atoms with Gasteiger partial charge in [-0.3, -0.25) is 0 Å². The molecule has 0 spiro atoms. The highest BCUT2D eigenvalue weighted by molar-refractivity contribution is 5.83. The van der Waals surface area contributed by atoms with Crippen LogP contribution in [0.5, 0.6) is 5.75 Å². The summed E-state index contributed by atoms with van der Waals surface area (Å²) in [4.78, 5) is 0. The maximum atomic E-state index is 5.80. The van der Waals surface area contributed by atoms with Crippen LogP contribution < -0.4 is 4.74 Å². The first-order chi connectivity index (χ1) is 14.2. The maximum absolute atomic E-state index is 5.80. The lowest BCUT2D eigenvalue weighted by atomic mass is 9.86. The van der Waals surface area contributed by atoms with Crippen LogP contribution in [0, 0.1) is 13.8 Å². The van der Waals surface area contributed by atoms with E-state index >= 15 is 0 Å². The van der Waals surface area contributed by atoms with Crippen molar-refractivity contribution in [3.8, 4) is 28.0 Å². The van der Waals surface area contributed by atoms with Crippen LogP contribution in [0.4, 0.5) is 0 Å². The SMILES string of the molecule is COc1cc(-c2ccccc2C)c(Cc2cccc[o+]2)c(-c2ccccc2C)c1. The first-order valence-corrected chi connectivity index (χ1v) is 9.86.